The second kappa shape index (κ2) is 4.66. The molecule has 0 bridgehead atoms. The van der Waals surface area contributed by atoms with Crippen molar-refractivity contribution in [3.05, 3.63) is 12.7 Å². The minimum Gasteiger partial charge on any atom is -0.444 e. The van der Waals surface area contributed by atoms with Crippen LogP contribution in [0.5, 0.6) is 0 Å². The van der Waals surface area contributed by atoms with E-state index in [2.05, 4.69) is 11.9 Å². The number of alkyl carbamates (subject to hydrolysis) is 1. The van der Waals surface area contributed by atoms with E-state index in [-0.39, 0.29) is 6.54 Å². The van der Waals surface area contributed by atoms with Crippen LogP contribution in [-0.2, 0) is 9.53 Å². The van der Waals surface area contributed by atoms with Crippen molar-refractivity contribution in [2.24, 2.45) is 11.8 Å². The largest absolute Gasteiger partial charge is 0.444 e. The van der Waals surface area contributed by atoms with E-state index in [1.807, 2.05) is 0 Å². The van der Waals surface area contributed by atoms with Gasteiger partial charge in [0.05, 0.1) is 11.8 Å². The zero-order valence-corrected chi connectivity index (χ0v) is 10.6. The van der Waals surface area contributed by atoms with Crippen LogP contribution in [0, 0.1) is 11.8 Å². The van der Waals surface area contributed by atoms with Gasteiger partial charge in [0.25, 0.3) is 5.92 Å². The van der Waals surface area contributed by atoms with E-state index in [4.69, 9.17) is 4.74 Å². The molecular weight excluding hydrogens is 244 g/mol. The lowest BCUT2D eigenvalue weighted by atomic mass is 10.2. The van der Waals surface area contributed by atoms with E-state index < -0.39 is 35.2 Å². The van der Waals surface area contributed by atoms with Crippen LogP contribution >= 0.6 is 0 Å². The number of carbonyl (C=O) groups excluding carboxylic acids is 2. The maximum absolute atomic E-state index is 13.2. The average molecular weight is 261 g/mol. The van der Waals surface area contributed by atoms with Crippen molar-refractivity contribution < 1.29 is 23.1 Å². The molecule has 0 aromatic carbocycles. The normalized spacial score (nSPS) is 25.2. The second-order valence-corrected chi connectivity index (χ2v) is 5.25. The van der Waals surface area contributed by atoms with Gasteiger partial charge in [0, 0.05) is 6.54 Å². The lowest BCUT2D eigenvalue weighted by Crippen LogP contribution is -2.34. The molecule has 1 fully saturated rings. The molecule has 0 heterocycles. The molecule has 0 saturated heterocycles. The standard InChI is InChI=1S/C12H17F2NO3/c1-5-8(16)9-7(12(9,13)14)6-15-10(17)18-11(2,3)4/h5,7,9H,1,6H2,2-4H3,(H,15,17)/t7-,9-/m0/s1. The van der Waals surface area contributed by atoms with Crippen molar-refractivity contribution in [3.63, 3.8) is 0 Å². The van der Waals surface area contributed by atoms with E-state index in [9.17, 15) is 18.4 Å². The predicted octanol–water partition coefficient (Wildman–Crippen LogP) is 2.15. The molecule has 0 unspecified atom stereocenters. The van der Waals surface area contributed by atoms with Crippen molar-refractivity contribution in [1.29, 1.82) is 0 Å². The summed E-state index contributed by atoms with van der Waals surface area (Å²) in [5.74, 6) is -6.31. The highest BCUT2D eigenvalue weighted by Gasteiger charge is 2.70. The summed E-state index contributed by atoms with van der Waals surface area (Å²) in [7, 11) is 0. The summed E-state index contributed by atoms with van der Waals surface area (Å²) in [4.78, 5) is 22.4. The van der Waals surface area contributed by atoms with Crippen LogP contribution in [0.25, 0.3) is 0 Å². The molecule has 0 radical (unpaired) electrons. The van der Waals surface area contributed by atoms with Gasteiger partial charge in [0.2, 0.25) is 0 Å². The smallest absolute Gasteiger partial charge is 0.407 e. The summed E-state index contributed by atoms with van der Waals surface area (Å²) < 4.78 is 31.4. The fourth-order valence-corrected chi connectivity index (χ4v) is 1.67. The molecule has 18 heavy (non-hydrogen) atoms. The first-order chi connectivity index (χ1) is 8.09. The van der Waals surface area contributed by atoms with E-state index in [0.29, 0.717) is 0 Å². The molecule has 2 atom stereocenters. The molecular formula is C12H17F2NO3. The lowest BCUT2D eigenvalue weighted by Gasteiger charge is -2.19. The molecule has 0 aromatic heterocycles. The van der Waals surface area contributed by atoms with Crippen molar-refractivity contribution in [2.75, 3.05) is 6.54 Å². The molecule has 4 nitrogen and oxygen atoms in total. The summed E-state index contributed by atoms with van der Waals surface area (Å²) in [5, 5.41) is 2.24. The van der Waals surface area contributed by atoms with Gasteiger partial charge in [-0.05, 0) is 26.8 Å². The third-order valence-corrected chi connectivity index (χ3v) is 2.58. The number of nitrogens with one attached hydrogen (secondary N) is 1. The van der Waals surface area contributed by atoms with Crippen molar-refractivity contribution in [3.8, 4) is 0 Å². The van der Waals surface area contributed by atoms with Crippen LogP contribution in [0.4, 0.5) is 13.6 Å². The summed E-state index contributed by atoms with van der Waals surface area (Å²) in [6, 6.07) is 0. The third kappa shape index (κ3) is 3.27. The number of alkyl halides is 2. The van der Waals surface area contributed by atoms with Gasteiger partial charge in [-0.3, -0.25) is 4.79 Å². The highest BCUT2D eigenvalue weighted by atomic mass is 19.3. The highest BCUT2D eigenvalue weighted by molar-refractivity contribution is 5.94. The summed E-state index contributed by atoms with van der Waals surface area (Å²) in [6.45, 7) is 7.89. The molecule has 1 rings (SSSR count). The molecule has 6 heteroatoms. The Morgan fingerprint density at radius 3 is 2.44 bits per heavy atom. The van der Waals surface area contributed by atoms with Gasteiger partial charge in [-0.2, -0.15) is 0 Å². The van der Waals surface area contributed by atoms with E-state index in [1.54, 1.807) is 20.8 Å². The Kier molecular flexibility index (Phi) is 3.78. The molecule has 0 spiro atoms. The number of ketones is 1. The van der Waals surface area contributed by atoms with Gasteiger partial charge >= 0.3 is 6.09 Å². The number of ether oxygens (including phenoxy) is 1. The minimum absolute atomic E-state index is 0.286. The first-order valence-electron chi connectivity index (χ1n) is 5.60. The first-order valence-corrected chi connectivity index (χ1v) is 5.60. The summed E-state index contributed by atoms with van der Waals surface area (Å²) >= 11 is 0. The number of rotatable bonds is 4. The number of carbonyl (C=O) groups is 2. The van der Waals surface area contributed by atoms with E-state index in [0.717, 1.165) is 6.08 Å². The molecule has 1 aliphatic rings. The number of hydrogen-bond acceptors (Lipinski definition) is 3. The number of allylic oxidation sites excluding steroid dienone is 1. The van der Waals surface area contributed by atoms with Crippen LogP contribution in [0.2, 0.25) is 0 Å². The molecule has 0 aliphatic heterocycles. The first kappa shape index (κ1) is 14.6. The van der Waals surface area contributed by atoms with E-state index in [1.165, 1.54) is 0 Å². The molecule has 1 amide bonds. The quantitative estimate of drug-likeness (QED) is 0.789. The van der Waals surface area contributed by atoms with Crippen LogP contribution in [0.1, 0.15) is 20.8 Å². The SMILES string of the molecule is C=CC(=O)[C@@H]1[C@H](CNC(=O)OC(C)(C)C)C1(F)F. The second-order valence-electron chi connectivity index (χ2n) is 5.25. The topological polar surface area (TPSA) is 55.4 Å². The molecule has 1 saturated carbocycles. The van der Waals surface area contributed by atoms with Gasteiger partial charge in [-0.25, -0.2) is 13.6 Å². The Labute approximate surface area is 104 Å². The fraction of sp³-hybridized carbons (Fsp3) is 0.667. The van der Waals surface area contributed by atoms with Crippen molar-refractivity contribution in [2.45, 2.75) is 32.3 Å². The number of amides is 1. The Bertz CT molecular complexity index is 374. The van der Waals surface area contributed by atoms with Crippen LogP contribution < -0.4 is 5.32 Å². The predicted molar refractivity (Wildman–Crippen MR) is 61.4 cm³/mol. The van der Waals surface area contributed by atoms with Gasteiger partial charge in [-0.1, -0.05) is 6.58 Å². The van der Waals surface area contributed by atoms with Crippen LogP contribution in [-0.4, -0.2) is 29.9 Å². The zero-order valence-electron chi connectivity index (χ0n) is 10.6. The third-order valence-electron chi connectivity index (χ3n) is 2.58. The maximum Gasteiger partial charge on any atom is 0.407 e. The fourth-order valence-electron chi connectivity index (χ4n) is 1.67. The average Bonchev–Trinajstić information content (AvgIpc) is 2.74. The van der Waals surface area contributed by atoms with E-state index >= 15 is 0 Å². The molecule has 1 aliphatic carbocycles. The van der Waals surface area contributed by atoms with Crippen molar-refractivity contribution in [1.82, 2.24) is 5.32 Å². The zero-order chi connectivity index (χ0) is 14.1. The monoisotopic (exact) mass is 261 g/mol. The molecule has 0 aromatic rings. The van der Waals surface area contributed by atoms with Crippen LogP contribution in [0.3, 0.4) is 0 Å². The Morgan fingerprint density at radius 2 is 2.00 bits per heavy atom. The van der Waals surface area contributed by atoms with Gasteiger partial charge < -0.3 is 10.1 Å². The molecule has 102 valence electrons. The number of halogens is 2. The Hall–Kier alpha value is -1.46. The van der Waals surface area contributed by atoms with Crippen LogP contribution in [0.15, 0.2) is 12.7 Å². The van der Waals surface area contributed by atoms with Gasteiger partial charge in [-0.15, -0.1) is 0 Å². The minimum atomic E-state index is -3.07. The Balaban J connectivity index is 2.44. The highest BCUT2D eigenvalue weighted by Crippen LogP contribution is 2.55. The van der Waals surface area contributed by atoms with Gasteiger partial charge in [0.1, 0.15) is 5.60 Å². The summed E-state index contributed by atoms with van der Waals surface area (Å²) in [5.41, 5.74) is -0.688. The van der Waals surface area contributed by atoms with Gasteiger partial charge in [0.15, 0.2) is 5.78 Å². The Morgan fingerprint density at radius 1 is 1.44 bits per heavy atom. The van der Waals surface area contributed by atoms with Crippen molar-refractivity contribution >= 4 is 11.9 Å². The summed E-state index contributed by atoms with van der Waals surface area (Å²) in [6.07, 6.45) is 0.112. The maximum atomic E-state index is 13.2. The molecule has 1 N–H and O–H groups in total. The lowest BCUT2D eigenvalue weighted by molar-refractivity contribution is -0.117. The number of hydrogen-bond donors (Lipinski definition) is 1.